The number of benzene rings is 1. The average molecular weight is 384 g/mol. The van der Waals surface area contributed by atoms with Crippen LogP contribution in [0.1, 0.15) is 30.4 Å². The molecule has 1 aliphatic heterocycles. The van der Waals surface area contributed by atoms with Crippen LogP contribution in [0.25, 0.3) is 0 Å². The largest absolute Gasteiger partial charge is 0.411 e. The number of carbonyl (C=O) groups excluding carboxylic acids is 1. The van der Waals surface area contributed by atoms with Crippen molar-refractivity contribution in [2.24, 2.45) is 0 Å². The van der Waals surface area contributed by atoms with E-state index in [9.17, 15) is 18.0 Å². The highest BCUT2D eigenvalue weighted by molar-refractivity contribution is 5.91. The maximum Gasteiger partial charge on any atom is 0.411 e. The first-order valence-corrected chi connectivity index (χ1v) is 9.54. The molecule has 27 heavy (non-hydrogen) atoms. The van der Waals surface area contributed by atoms with E-state index in [1.165, 1.54) is 5.56 Å². The first-order valence-electron chi connectivity index (χ1n) is 9.54. The van der Waals surface area contributed by atoms with E-state index in [1.807, 2.05) is 24.0 Å². The molecule has 1 aromatic carbocycles. The first kappa shape index (κ1) is 20.1. The van der Waals surface area contributed by atoms with Crippen molar-refractivity contribution in [3.63, 3.8) is 0 Å². The van der Waals surface area contributed by atoms with Crippen LogP contribution in [-0.2, 0) is 14.9 Å². The number of piperazine rings is 1. The second-order valence-corrected chi connectivity index (χ2v) is 7.61. The lowest BCUT2D eigenvalue weighted by atomic mass is 9.92. The quantitative estimate of drug-likeness (QED) is 0.677. The number of hydrogen-bond donors (Lipinski definition) is 0. The lowest BCUT2D eigenvalue weighted by Gasteiger charge is -2.36. The van der Waals surface area contributed by atoms with Crippen molar-refractivity contribution in [2.45, 2.75) is 37.8 Å². The topological polar surface area (TPSA) is 32.8 Å². The minimum atomic E-state index is -4.26. The zero-order valence-electron chi connectivity index (χ0n) is 15.7. The second-order valence-electron chi connectivity index (χ2n) is 7.61. The molecule has 2 aliphatic rings. The molecule has 4 nitrogen and oxygen atoms in total. The molecule has 3 rings (SSSR count). The second kappa shape index (κ2) is 8.19. The smallest absolute Gasteiger partial charge is 0.372 e. The molecule has 1 aromatic rings. The van der Waals surface area contributed by atoms with E-state index in [0.29, 0.717) is 26.1 Å². The third-order valence-corrected chi connectivity index (χ3v) is 5.42. The van der Waals surface area contributed by atoms with Crippen LogP contribution < -0.4 is 0 Å². The molecule has 1 saturated heterocycles. The van der Waals surface area contributed by atoms with Crippen LogP contribution in [0.5, 0.6) is 0 Å². The van der Waals surface area contributed by atoms with Crippen molar-refractivity contribution in [1.29, 1.82) is 0 Å². The molecule has 1 amide bonds. The Morgan fingerprint density at radius 1 is 1.19 bits per heavy atom. The van der Waals surface area contributed by atoms with Crippen LogP contribution in [0, 0.1) is 6.92 Å². The maximum atomic E-state index is 13.1. The molecule has 0 spiro atoms. The van der Waals surface area contributed by atoms with Gasteiger partial charge >= 0.3 is 6.18 Å². The summed E-state index contributed by atoms with van der Waals surface area (Å²) < 4.78 is 40.7. The number of rotatable bonds is 7. The zero-order valence-corrected chi connectivity index (χ0v) is 15.7. The third kappa shape index (κ3) is 5.23. The van der Waals surface area contributed by atoms with Crippen LogP contribution in [0.3, 0.4) is 0 Å². The summed E-state index contributed by atoms with van der Waals surface area (Å²) in [6, 6.07) is 8.22. The Morgan fingerprint density at radius 2 is 1.89 bits per heavy atom. The molecule has 0 bridgehead atoms. The highest BCUT2D eigenvalue weighted by atomic mass is 19.4. The number of hydrogen-bond acceptors (Lipinski definition) is 3. The Balaban J connectivity index is 1.42. The number of aryl methyl sites for hydroxylation is 1. The molecule has 0 atom stereocenters. The molecular formula is C20H27F3N2O2. The van der Waals surface area contributed by atoms with Gasteiger partial charge in [-0.15, -0.1) is 0 Å². The summed E-state index contributed by atoms with van der Waals surface area (Å²) >= 11 is 0. The van der Waals surface area contributed by atoms with Gasteiger partial charge in [0.25, 0.3) is 0 Å². The molecule has 0 radical (unpaired) electrons. The van der Waals surface area contributed by atoms with E-state index in [1.54, 1.807) is 0 Å². The fourth-order valence-corrected chi connectivity index (χ4v) is 3.75. The first-order chi connectivity index (χ1) is 12.8. The van der Waals surface area contributed by atoms with Crippen molar-refractivity contribution < 1.29 is 22.7 Å². The Bertz CT molecular complexity index is 651. The monoisotopic (exact) mass is 384 g/mol. The Kier molecular flexibility index (Phi) is 6.11. The summed E-state index contributed by atoms with van der Waals surface area (Å²) in [4.78, 5) is 17.2. The van der Waals surface area contributed by atoms with Gasteiger partial charge in [0.1, 0.15) is 6.61 Å². The Morgan fingerprint density at radius 3 is 2.48 bits per heavy atom. The number of carbonyl (C=O) groups is 1. The zero-order chi connectivity index (χ0) is 19.5. The molecule has 0 N–H and O–H groups in total. The summed E-state index contributed by atoms with van der Waals surface area (Å²) in [7, 11) is 0. The molecule has 0 unspecified atom stereocenters. The highest BCUT2D eigenvalue weighted by Crippen LogP contribution is 2.49. The van der Waals surface area contributed by atoms with Gasteiger partial charge in [0, 0.05) is 39.3 Å². The lowest BCUT2D eigenvalue weighted by molar-refractivity contribution is -0.174. The van der Waals surface area contributed by atoms with E-state index >= 15 is 0 Å². The molecule has 0 aromatic heterocycles. The number of halogens is 3. The minimum absolute atomic E-state index is 0.106. The summed E-state index contributed by atoms with van der Waals surface area (Å²) in [6.45, 7) is 4.53. The molecule has 1 heterocycles. The van der Waals surface area contributed by atoms with E-state index in [2.05, 4.69) is 21.8 Å². The molecule has 1 saturated carbocycles. The molecule has 1 aliphatic carbocycles. The van der Waals surface area contributed by atoms with Crippen molar-refractivity contribution in [3.05, 3.63) is 35.4 Å². The number of amides is 1. The van der Waals surface area contributed by atoms with Crippen molar-refractivity contribution in [1.82, 2.24) is 9.80 Å². The van der Waals surface area contributed by atoms with Gasteiger partial charge in [-0.1, -0.05) is 29.8 Å². The van der Waals surface area contributed by atoms with Gasteiger partial charge in [0.05, 0.1) is 5.41 Å². The highest BCUT2D eigenvalue weighted by Gasteiger charge is 2.53. The van der Waals surface area contributed by atoms with Gasteiger partial charge in [-0.3, -0.25) is 9.69 Å². The van der Waals surface area contributed by atoms with Gasteiger partial charge in [-0.2, -0.15) is 13.2 Å². The van der Waals surface area contributed by atoms with Crippen LogP contribution in [-0.4, -0.2) is 67.8 Å². The fourth-order valence-electron chi connectivity index (χ4n) is 3.75. The van der Waals surface area contributed by atoms with Crippen molar-refractivity contribution >= 4 is 5.91 Å². The van der Waals surface area contributed by atoms with Crippen LogP contribution in [0.4, 0.5) is 13.2 Å². The Labute approximate surface area is 158 Å². The molecule has 7 heteroatoms. The normalized spacial score (nSPS) is 19.9. The predicted molar refractivity (Wildman–Crippen MR) is 96.6 cm³/mol. The SMILES string of the molecule is Cc1cccc(C2(C(=O)N3CCN(CCCOCC(F)(F)F)CC3)CC2)c1. The molecule has 150 valence electrons. The van der Waals surface area contributed by atoms with Gasteiger partial charge < -0.3 is 9.64 Å². The lowest BCUT2D eigenvalue weighted by Crippen LogP contribution is -2.51. The minimum Gasteiger partial charge on any atom is -0.372 e. The summed E-state index contributed by atoms with van der Waals surface area (Å²) in [5.74, 6) is 0.223. The van der Waals surface area contributed by atoms with E-state index in [-0.39, 0.29) is 17.9 Å². The maximum absolute atomic E-state index is 13.1. The Hall–Kier alpha value is -1.60. The van der Waals surface area contributed by atoms with Crippen molar-refractivity contribution in [3.8, 4) is 0 Å². The number of nitrogens with zero attached hydrogens (tertiary/aromatic N) is 2. The van der Waals surface area contributed by atoms with Gasteiger partial charge in [-0.05, 0) is 31.7 Å². The summed E-state index contributed by atoms with van der Waals surface area (Å²) in [6.07, 6.45) is -1.88. The third-order valence-electron chi connectivity index (χ3n) is 5.42. The van der Waals surface area contributed by atoms with E-state index in [0.717, 1.165) is 31.5 Å². The van der Waals surface area contributed by atoms with Crippen molar-refractivity contribution in [2.75, 3.05) is 45.9 Å². The fraction of sp³-hybridized carbons (Fsp3) is 0.650. The van der Waals surface area contributed by atoms with Gasteiger partial charge in [0.2, 0.25) is 5.91 Å². The van der Waals surface area contributed by atoms with E-state index in [4.69, 9.17) is 0 Å². The average Bonchev–Trinajstić information content (AvgIpc) is 3.42. The van der Waals surface area contributed by atoms with Crippen LogP contribution >= 0.6 is 0 Å². The van der Waals surface area contributed by atoms with Crippen LogP contribution in [0.2, 0.25) is 0 Å². The molecular weight excluding hydrogens is 357 g/mol. The summed E-state index contributed by atoms with van der Waals surface area (Å²) in [5.41, 5.74) is 1.96. The van der Waals surface area contributed by atoms with Crippen LogP contribution in [0.15, 0.2) is 24.3 Å². The van der Waals surface area contributed by atoms with Gasteiger partial charge in [0.15, 0.2) is 0 Å². The standard InChI is InChI=1S/C20H27F3N2O2/c1-16-4-2-5-17(14-16)19(6-7-19)18(26)25-11-9-24(10-12-25)8-3-13-27-15-20(21,22)23/h2,4-5,14H,3,6-13,15H2,1H3. The summed E-state index contributed by atoms with van der Waals surface area (Å²) in [5, 5.41) is 0. The number of ether oxygens (including phenoxy) is 1. The molecule has 2 fully saturated rings. The predicted octanol–water partition coefficient (Wildman–Crippen LogP) is 3.14. The van der Waals surface area contributed by atoms with E-state index < -0.39 is 12.8 Å². The van der Waals surface area contributed by atoms with Gasteiger partial charge in [-0.25, -0.2) is 0 Å². The number of alkyl halides is 3.